The first kappa shape index (κ1) is 21.2. The Hall–Kier alpha value is -2.61. The summed E-state index contributed by atoms with van der Waals surface area (Å²) < 4.78 is 45.9. The van der Waals surface area contributed by atoms with Gasteiger partial charge in [-0.25, -0.2) is 9.97 Å². The van der Waals surface area contributed by atoms with Gasteiger partial charge in [-0.1, -0.05) is 12.5 Å². The fourth-order valence-corrected chi connectivity index (χ4v) is 4.58. The fourth-order valence-electron chi connectivity index (χ4n) is 4.58. The molecular formula is C24H27F3N4O. The topological polar surface area (TPSA) is 43.2 Å². The van der Waals surface area contributed by atoms with Crippen LogP contribution in [0.5, 0.6) is 5.75 Å². The van der Waals surface area contributed by atoms with E-state index in [9.17, 15) is 13.2 Å². The van der Waals surface area contributed by atoms with Gasteiger partial charge in [-0.15, -0.1) is 0 Å². The van der Waals surface area contributed by atoms with Gasteiger partial charge >= 0.3 is 6.18 Å². The molecule has 0 radical (unpaired) electrons. The number of aromatic nitrogens is 3. The molecule has 1 aliphatic heterocycles. The van der Waals surface area contributed by atoms with E-state index in [0.29, 0.717) is 17.2 Å². The van der Waals surface area contributed by atoms with Crippen LogP contribution in [0.1, 0.15) is 49.4 Å². The Kier molecular flexibility index (Phi) is 5.80. The predicted octanol–water partition coefficient (Wildman–Crippen LogP) is 5.30. The summed E-state index contributed by atoms with van der Waals surface area (Å²) in [7, 11) is 0. The van der Waals surface area contributed by atoms with Crippen LogP contribution in [0.25, 0.3) is 10.9 Å². The highest BCUT2D eigenvalue weighted by molar-refractivity contribution is 5.86. The molecule has 32 heavy (non-hydrogen) atoms. The van der Waals surface area contributed by atoms with Crippen LogP contribution < -0.4 is 4.74 Å². The smallest absolute Gasteiger partial charge is 0.406 e. The second kappa shape index (κ2) is 8.73. The standard InChI is InChI=1S/C24H27F3N4O/c25-24(26,27)16-31-12-9-20-21(31)5-2-6-22(20)32-19-7-10-30(11-8-19)15-17-13-28-23(29-14-17)18-3-1-4-18/h2,5-6,9,12-14,18-19H,1,3-4,7-8,10-11,15-16H2. The van der Waals surface area contributed by atoms with Crippen LogP contribution in [0.2, 0.25) is 0 Å². The van der Waals surface area contributed by atoms with Crippen molar-refractivity contribution in [2.75, 3.05) is 13.1 Å². The van der Waals surface area contributed by atoms with E-state index >= 15 is 0 Å². The van der Waals surface area contributed by atoms with Crippen molar-refractivity contribution in [1.29, 1.82) is 0 Å². The summed E-state index contributed by atoms with van der Waals surface area (Å²) in [6.07, 6.45) is 6.62. The molecule has 3 aromatic rings. The second-order valence-corrected chi connectivity index (χ2v) is 8.92. The van der Waals surface area contributed by atoms with Crippen molar-refractivity contribution in [3.05, 3.63) is 54.2 Å². The average molecular weight is 445 g/mol. The molecule has 3 heterocycles. The molecular weight excluding hydrogens is 417 g/mol. The number of nitrogens with zero attached hydrogens (tertiary/aromatic N) is 4. The summed E-state index contributed by atoms with van der Waals surface area (Å²) in [5, 5.41) is 0.725. The minimum absolute atomic E-state index is 0.0556. The van der Waals surface area contributed by atoms with Gasteiger partial charge in [-0.3, -0.25) is 4.90 Å². The maximum Gasteiger partial charge on any atom is 0.406 e. The molecule has 170 valence electrons. The number of fused-ring (bicyclic) bond motifs is 1. The van der Waals surface area contributed by atoms with E-state index in [4.69, 9.17) is 4.74 Å². The number of alkyl halides is 3. The molecule has 1 aromatic carbocycles. The van der Waals surface area contributed by atoms with Gasteiger partial charge in [-0.2, -0.15) is 13.2 Å². The maximum atomic E-state index is 12.8. The van der Waals surface area contributed by atoms with Crippen molar-refractivity contribution in [2.45, 2.75) is 63.4 Å². The van der Waals surface area contributed by atoms with Crippen LogP contribution in [0.3, 0.4) is 0 Å². The fraction of sp³-hybridized carbons (Fsp3) is 0.500. The first-order valence-corrected chi connectivity index (χ1v) is 11.3. The highest BCUT2D eigenvalue weighted by atomic mass is 19.4. The number of hydrogen-bond donors (Lipinski definition) is 0. The number of hydrogen-bond acceptors (Lipinski definition) is 4. The van der Waals surface area contributed by atoms with Crippen LogP contribution in [-0.4, -0.2) is 44.8 Å². The lowest BCUT2D eigenvalue weighted by Crippen LogP contribution is -2.37. The maximum absolute atomic E-state index is 12.8. The van der Waals surface area contributed by atoms with E-state index in [1.807, 2.05) is 18.5 Å². The summed E-state index contributed by atoms with van der Waals surface area (Å²) in [6.45, 7) is 1.64. The van der Waals surface area contributed by atoms with Crippen LogP contribution >= 0.6 is 0 Å². The van der Waals surface area contributed by atoms with Gasteiger partial charge in [0.05, 0.1) is 5.52 Å². The zero-order valence-corrected chi connectivity index (χ0v) is 17.9. The molecule has 0 unspecified atom stereocenters. The number of halogens is 3. The minimum Gasteiger partial charge on any atom is -0.490 e. The first-order chi connectivity index (χ1) is 15.4. The van der Waals surface area contributed by atoms with Gasteiger partial charge in [-0.05, 0) is 43.9 Å². The Bertz CT molecular complexity index is 1050. The third kappa shape index (κ3) is 4.75. The monoisotopic (exact) mass is 444 g/mol. The van der Waals surface area contributed by atoms with E-state index in [1.54, 1.807) is 18.2 Å². The van der Waals surface area contributed by atoms with E-state index < -0.39 is 12.7 Å². The SMILES string of the molecule is FC(F)(F)Cn1ccc2c(OC3CCN(Cc4cnc(C5CCC5)nc4)CC3)cccc21. The number of benzene rings is 1. The summed E-state index contributed by atoms with van der Waals surface area (Å²) >= 11 is 0. The van der Waals surface area contributed by atoms with Gasteiger partial charge in [0, 0.05) is 55.1 Å². The molecule has 2 fully saturated rings. The number of piperidine rings is 1. The Morgan fingerprint density at radius 3 is 2.41 bits per heavy atom. The molecule has 8 heteroatoms. The molecule has 2 aliphatic rings. The Morgan fingerprint density at radius 2 is 1.75 bits per heavy atom. The third-order valence-electron chi connectivity index (χ3n) is 6.55. The van der Waals surface area contributed by atoms with Crippen molar-refractivity contribution in [3.8, 4) is 5.75 Å². The molecule has 0 spiro atoms. The van der Waals surface area contributed by atoms with Crippen molar-refractivity contribution >= 4 is 10.9 Å². The minimum atomic E-state index is -4.25. The Balaban J connectivity index is 1.17. The molecule has 1 saturated heterocycles. The molecule has 5 nitrogen and oxygen atoms in total. The van der Waals surface area contributed by atoms with E-state index in [2.05, 4.69) is 14.9 Å². The Morgan fingerprint density at radius 1 is 1.00 bits per heavy atom. The lowest BCUT2D eigenvalue weighted by atomic mass is 9.85. The number of rotatable bonds is 6. The normalized spacial score (nSPS) is 18.7. The third-order valence-corrected chi connectivity index (χ3v) is 6.55. The molecule has 2 aromatic heterocycles. The van der Waals surface area contributed by atoms with Crippen molar-refractivity contribution in [1.82, 2.24) is 19.4 Å². The van der Waals surface area contributed by atoms with E-state index in [0.717, 1.165) is 49.2 Å². The zero-order chi connectivity index (χ0) is 22.1. The van der Waals surface area contributed by atoms with Crippen molar-refractivity contribution < 1.29 is 17.9 Å². The second-order valence-electron chi connectivity index (χ2n) is 8.92. The summed E-state index contributed by atoms with van der Waals surface area (Å²) in [5.74, 6) is 2.18. The zero-order valence-electron chi connectivity index (χ0n) is 17.9. The van der Waals surface area contributed by atoms with E-state index in [1.165, 1.54) is 30.0 Å². The van der Waals surface area contributed by atoms with Crippen molar-refractivity contribution in [3.63, 3.8) is 0 Å². The van der Waals surface area contributed by atoms with Gasteiger partial charge < -0.3 is 9.30 Å². The number of ether oxygens (including phenoxy) is 1. The largest absolute Gasteiger partial charge is 0.490 e. The van der Waals surface area contributed by atoms with Crippen molar-refractivity contribution in [2.24, 2.45) is 0 Å². The molecule has 0 bridgehead atoms. The van der Waals surface area contributed by atoms with E-state index in [-0.39, 0.29) is 6.10 Å². The molecule has 0 amide bonds. The van der Waals surface area contributed by atoms with Crippen LogP contribution in [0.15, 0.2) is 42.9 Å². The van der Waals surface area contributed by atoms with Gasteiger partial charge in [0.1, 0.15) is 24.2 Å². The predicted molar refractivity (Wildman–Crippen MR) is 116 cm³/mol. The quantitative estimate of drug-likeness (QED) is 0.517. The summed E-state index contributed by atoms with van der Waals surface area (Å²) in [4.78, 5) is 11.5. The average Bonchev–Trinajstić information content (AvgIpc) is 3.12. The molecule has 5 rings (SSSR count). The highest BCUT2D eigenvalue weighted by Crippen LogP contribution is 2.34. The first-order valence-electron chi connectivity index (χ1n) is 11.3. The summed E-state index contributed by atoms with van der Waals surface area (Å²) in [6, 6.07) is 7.01. The van der Waals surface area contributed by atoms with Gasteiger partial charge in [0.25, 0.3) is 0 Å². The molecule has 1 aliphatic carbocycles. The number of likely N-dealkylation sites (tertiary alicyclic amines) is 1. The van der Waals surface area contributed by atoms with Crippen LogP contribution in [0, 0.1) is 0 Å². The highest BCUT2D eigenvalue weighted by Gasteiger charge is 2.29. The lowest BCUT2D eigenvalue weighted by Gasteiger charge is -2.32. The lowest BCUT2D eigenvalue weighted by molar-refractivity contribution is -0.139. The molecule has 1 saturated carbocycles. The van der Waals surface area contributed by atoms with Crippen LogP contribution in [0.4, 0.5) is 13.2 Å². The Labute approximate surface area is 185 Å². The summed E-state index contributed by atoms with van der Waals surface area (Å²) in [5.41, 5.74) is 1.67. The molecule has 0 atom stereocenters. The van der Waals surface area contributed by atoms with Gasteiger partial charge in [0.15, 0.2) is 0 Å². The molecule has 0 N–H and O–H groups in total. The van der Waals surface area contributed by atoms with Gasteiger partial charge in [0.2, 0.25) is 0 Å². The van der Waals surface area contributed by atoms with Crippen LogP contribution in [-0.2, 0) is 13.1 Å².